The predicted octanol–water partition coefficient (Wildman–Crippen LogP) is 1.99. The molecule has 0 saturated carbocycles. The zero-order valence-corrected chi connectivity index (χ0v) is 13.7. The van der Waals surface area contributed by atoms with Crippen LogP contribution in [0.1, 0.15) is 23.0 Å². The van der Waals surface area contributed by atoms with Crippen LogP contribution in [0.4, 0.5) is 4.39 Å². The minimum absolute atomic E-state index is 0. The Bertz CT molecular complexity index is 676. The average Bonchev–Trinajstić information content (AvgIpc) is 2.92. The van der Waals surface area contributed by atoms with Gasteiger partial charge in [0.2, 0.25) is 5.91 Å². The molecule has 7 heteroatoms. The molecule has 0 radical (unpaired) electrons. The van der Waals surface area contributed by atoms with Crippen molar-refractivity contribution in [2.75, 3.05) is 19.6 Å². The minimum Gasteiger partial charge on any atom is -0.333 e. The summed E-state index contributed by atoms with van der Waals surface area (Å²) >= 11 is 0. The van der Waals surface area contributed by atoms with E-state index in [2.05, 4.69) is 15.5 Å². The number of aromatic nitrogens is 2. The lowest BCUT2D eigenvalue weighted by molar-refractivity contribution is -0.133. The number of amides is 1. The van der Waals surface area contributed by atoms with Crippen molar-refractivity contribution < 1.29 is 9.18 Å². The highest BCUT2D eigenvalue weighted by atomic mass is 35.5. The fourth-order valence-corrected chi connectivity index (χ4v) is 2.84. The van der Waals surface area contributed by atoms with Crippen LogP contribution in [0, 0.1) is 12.7 Å². The van der Waals surface area contributed by atoms with E-state index in [1.807, 2.05) is 24.0 Å². The number of benzene rings is 1. The van der Waals surface area contributed by atoms with Crippen molar-refractivity contribution in [3.05, 3.63) is 53.1 Å². The molecule has 3 rings (SSSR count). The summed E-state index contributed by atoms with van der Waals surface area (Å²) in [5.74, 6) is -0.263. The number of halogens is 2. The summed E-state index contributed by atoms with van der Waals surface area (Å²) in [6.07, 6.45) is 0.260. The largest absolute Gasteiger partial charge is 0.333 e. The van der Waals surface area contributed by atoms with E-state index in [1.54, 1.807) is 6.07 Å². The lowest BCUT2D eigenvalue weighted by atomic mass is 10.0. The van der Waals surface area contributed by atoms with Crippen molar-refractivity contribution in [1.29, 1.82) is 0 Å². The van der Waals surface area contributed by atoms with Gasteiger partial charge in [-0.2, -0.15) is 5.10 Å². The van der Waals surface area contributed by atoms with E-state index >= 15 is 0 Å². The number of piperazine rings is 1. The molecule has 124 valence electrons. The van der Waals surface area contributed by atoms with Crippen LogP contribution in [0.15, 0.2) is 30.3 Å². The third-order valence-electron chi connectivity index (χ3n) is 3.89. The van der Waals surface area contributed by atoms with E-state index < -0.39 is 0 Å². The van der Waals surface area contributed by atoms with Gasteiger partial charge >= 0.3 is 0 Å². The van der Waals surface area contributed by atoms with Gasteiger partial charge in [0.25, 0.3) is 0 Å². The van der Waals surface area contributed by atoms with Crippen molar-refractivity contribution in [3.8, 4) is 0 Å². The Morgan fingerprint density at radius 2 is 2.26 bits per heavy atom. The van der Waals surface area contributed by atoms with Gasteiger partial charge < -0.3 is 10.2 Å². The minimum atomic E-state index is -0.279. The number of aromatic amines is 1. The summed E-state index contributed by atoms with van der Waals surface area (Å²) in [5, 5.41) is 10.2. The van der Waals surface area contributed by atoms with Crippen molar-refractivity contribution >= 4 is 18.3 Å². The molecule has 0 spiro atoms. The van der Waals surface area contributed by atoms with E-state index in [9.17, 15) is 9.18 Å². The molecule has 1 aliphatic rings. The van der Waals surface area contributed by atoms with Crippen LogP contribution in [0.5, 0.6) is 0 Å². The van der Waals surface area contributed by atoms with Crippen molar-refractivity contribution in [2.24, 2.45) is 0 Å². The van der Waals surface area contributed by atoms with E-state index in [4.69, 9.17) is 0 Å². The summed E-state index contributed by atoms with van der Waals surface area (Å²) < 4.78 is 13.5. The first-order chi connectivity index (χ1) is 10.6. The number of nitrogens with one attached hydrogen (secondary N) is 2. The standard InChI is InChI=1S/C16H19FN4O.ClH/c1-11-7-14(20-19-11)9-16(22)21-6-5-18-10-15(21)12-3-2-4-13(17)8-12;/h2-4,7-8,15,18H,5-6,9-10H2,1H3,(H,19,20);1H. The molecule has 0 aliphatic carbocycles. The van der Waals surface area contributed by atoms with Gasteiger partial charge in [-0.1, -0.05) is 12.1 Å². The second-order valence-corrected chi connectivity index (χ2v) is 5.58. The van der Waals surface area contributed by atoms with E-state index in [1.165, 1.54) is 12.1 Å². The molecule has 1 saturated heterocycles. The molecule has 1 aromatic carbocycles. The number of aryl methyl sites for hydroxylation is 1. The Morgan fingerprint density at radius 1 is 1.43 bits per heavy atom. The summed E-state index contributed by atoms with van der Waals surface area (Å²) in [5.41, 5.74) is 2.49. The lowest BCUT2D eigenvalue weighted by Crippen LogP contribution is -2.49. The Balaban J connectivity index is 0.00000192. The van der Waals surface area contributed by atoms with Gasteiger partial charge in [0.1, 0.15) is 5.82 Å². The van der Waals surface area contributed by atoms with Gasteiger partial charge in [-0.05, 0) is 30.7 Å². The van der Waals surface area contributed by atoms with Crippen LogP contribution >= 0.6 is 12.4 Å². The van der Waals surface area contributed by atoms with Crippen LogP contribution < -0.4 is 5.32 Å². The molecule has 1 fully saturated rings. The first-order valence-electron chi connectivity index (χ1n) is 7.40. The zero-order chi connectivity index (χ0) is 15.5. The van der Waals surface area contributed by atoms with Gasteiger partial charge in [0, 0.05) is 25.3 Å². The molecule has 23 heavy (non-hydrogen) atoms. The molecule has 2 aromatic rings. The van der Waals surface area contributed by atoms with Gasteiger partial charge in [-0.25, -0.2) is 4.39 Å². The second-order valence-electron chi connectivity index (χ2n) is 5.58. The van der Waals surface area contributed by atoms with Gasteiger partial charge in [-0.15, -0.1) is 12.4 Å². The molecular weight excluding hydrogens is 319 g/mol. The number of hydrogen-bond acceptors (Lipinski definition) is 3. The number of rotatable bonds is 3. The SMILES string of the molecule is Cc1cc(CC(=O)N2CCNCC2c2cccc(F)c2)n[nH]1.Cl. The van der Waals surface area contributed by atoms with Crippen molar-refractivity contribution in [3.63, 3.8) is 0 Å². The highest BCUT2D eigenvalue weighted by molar-refractivity contribution is 5.85. The third-order valence-corrected chi connectivity index (χ3v) is 3.89. The molecule has 2 heterocycles. The maximum absolute atomic E-state index is 13.5. The molecule has 1 amide bonds. The van der Waals surface area contributed by atoms with Crippen LogP contribution in [-0.2, 0) is 11.2 Å². The fourth-order valence-electron chi connectivity index (χ4n) is 2.84. The quantitative estimate of drug-likeness (QED) is 0.899. The van der Waals surface area contributed by atoms with E-state index in [-0.39, 0.29) is 36.6 Å². The average molecular weight is 339 g/mol. The van der Waals surface area contributed by atoms with Crippen LogP contribution in [0.3, 0.4) is 0 Å². The van der Waals surface area contributed by atoms with Crippen LogP contribution in [0.2, 0.25) is 0 Å². The van der Waals surface area contributed by atoms with Crippen LogP contribution in [0.25, 0.3) is 0 Å². The molecule has 1 atom stereocenters. The Morgan fingerprint density at radius 3 is 2.96 bits per heavy atom. The van der Waals surface area contributed by atoms with E-state index in [0.29, 0.717) is 13.1 Å². The van der Waals surface area contributed by atoms with E-state index in [0.717, 1.165) is 23.5 Å². The lowest BCUT2D eigenvalue weighted by Gasteiger charge is -2.36. The molecular formula is C16H20ClFN4O. The molecule has 0 bridgehead atoms. The summed E-state index contributed by atoms with van der Waals surface area (Å²) in [6, 6.07) is 8.18. The Labute approximate surface area is 140 Å². The van der Waals surface area contributed by atoms with Crippen LogP contribution in [-0.4, -0.2) is 40.6 Å². The number of nitrogens with zero attached hydrogens (tertiary/aromatic N) is 2. The third kappa shape index (κ3) is 4.09. The summed E-state index contributed by atoms with van der Waals surface area (Å²) in [6.45, 7) is 3.90. The highest BCUT2D eigenvalue weighted by Gasteiger charge is 2.28. The predicted molar refractivity (Wildman–Crippen MR) is 88.0 cm³/mol. The summed E-state index contributed by atoms with van der Waals surface area (Å²) in [7, 11) is 0. The maximum atomic E-state index is 13.5. The first-order valence-corrected chi connectivity index (χ1v) is 7.40. The number of carbonyl (C=O) groups is 1. The topological polar surface area (TPSA) is 61.0 Å². The first kappa shape index (κ1) is 17.4. The second kappa shape index (κ2) is 7.57. The molecule has 5 nitrogen and oxygen atoms in total. The van der Waals surface area contributed by atoms with Gasteiger partial charge in [0.05, 0.1) is 18.2 Å². The zero-order valence-electron chi connectivity index (χ0n) is 12.9. The number of carbonyl (C=O) groups excluding carboxylic acids is 1. The Kier molecular flexibility index (Phi) is 5.74. The fraction of sp³-hybridized carbons (Fsp3) is 0.375. The molecule has 1 aliphatic heterocycles. The molecule has 2 N–H and O–H groups in total. The highest BCUT2D eigenvalue weighted by Crippen LogP contribution is 2.23. The van der Waals surface area contributed by atoms with Crippen molar-refractivity contribution in [1.82, 2.24) is 20.4 Å². The Hall–Kier alpha value is -1.92. The van der Waals surface area contributed by atoms with Crippen molar-refractivity contribution in [2.45, 2.75) is 19.4 Å². The molecule has 1 aromatic heterocycles. The normalized spacial score (nSPS) is 17.7. The van der Waals surface area contributed by atoms with Gasteiger partial charge in [-0.3, -0.25) is 9.89 Å². The van der Waals surface area contributed by atoms with Gasteiger partial charge in [0.15, 0.2) is 0 Å². The number of hydrogen-bond donors (Lipinski definition) is 2. The molecule has 1 unspecified atom stereocenters. The number of H-pyrrole nitrogens is 1. The smallest absolute Gasteiger partial charge is 0.229 e. The maximum Gasteiger partial charge on any atom is 0.229 e. The summed E-state index contributed by atoms with van der Waals surface area (Å²) in [4.78, 5) is 14.4. The monoisotopic (exact) mass is 338 g/mol.